The number of carbonyl (C=O) groups is 3. The lowest BCUT2D eigenvalue weighted by Crippen LogP contribution is -2.19. The summed E-state index contributed by atoms with van der Waals surface area (Å²) in [7, 11) is 0. The number of nitrogens with zero attached hydrogens (tertiary/aromatic N) is 2. The number of para-hydroxylation sites is 1. The Morgan fingerprint density at radius 3 is 1.96 bits per heavy atom. The summed E-state index contributed by atoms with van der Waals surface area (Å²) in [5.41, 5.74) is 0.793. The van der Waals surface area contributed by atoms with E-state index in [2.05, 4.69) is 5.10 Å². The van der Waals surface area contributed by atoms with Crippen molar-refractivity contribution in [3.8, 4) is 0 Å². The van der Waals surface area contributed by atoms with Crippen LogP contribution in [-0.4, -0.2) is 34.3 Å². The molecule has 0 atom stereocenters. The van der Waals surface area contributed by atoms with Gasteiger partial charge in [0.25, 0.3) is 5.91 Å². The number of aromatic carboxylic acids is 2. The van der Waals surface area contributed by atoms with Crippen molar-refractivity contribution >= 4 is 29.7 Å². The van der Waals surface area contributed by atoms with E-state index in [0.29, 0.717) is 6.42 Å². The van der Waals surface area contributed by atoms with Crippen molar-refractivity contribution in [3.05, 3.63) is 65.7 Å². The van der Waals surface area contributed by atoms with Crippen LogP contribution in [0.15, 0.2) is 59.7 Å². The molecule has 0 aliphatic carbocycles. The molecule has 0 fully saturated rings. The van der Waals surface area contributed by atoms with Gasteiger partial charge >= 0.3 is 11.9 Å². The van der Waals surface area contributed by atoms with Crippen molar-refractivity contribution in [2.75, 3.05) is 5.01 Å². The van der Waals surface area contributed by atoms with Crippen molar-refractivity contribution < 1.29 is 24.6 Å². The molecule has 122 valence electrons. The van der Waals surface area contributed by atoms with Gasteiger partial charge in [-0.2, -0.15) is 5.10 Å². The van der Waals surface area contributed by atoms with Gasteiger partial charge in [-0.25, -0.2) is 14.6 Å². The third-order valence-corrected chi connectivity index (χ3v) is 3.06. The molecule has 7 heteroatoms. The molecule has 24 heavy (non-hydrogen) atoms. The Morgan fingerprint density at radius 1 is 0.917 bits per heavy atom. The Hall–Kier alpha value is -3.48. The molecule has 7 nitrogen and oxygen atoms in total. The second-order valence-corrected chi connectivity index (χ2v) is 4.73. The Labute approximate surface area is 137 Å². The first kappa shape index (κ1) is 16.9. The summed E-state index contributed by atoms with van der Waals surface area (Å²) in [6.45, 7) is 0. The monoisotopic (exact) mass is 326 g/mol. The molecule has 0 bridgehead atoms. The van der Waals surface area contributed by atoms with Gasteiger partial charge < -0.3 is 10.2 Å². The smallest absolute Gasteiger partial charge is 0.335 e. The van der Waals surface area contributed by atoms with E-state index in [1.165, 1.54) is 23.2 Å². The number of carboxylic acid groups (broad SMARTS) is 2. The molecule has 3 rings (SSSR count). The molecule has 0 radical (unpaired) electrons. The van der Waals surface area contributed by atoms with Crippen LogP contribution in [0.3, 0.4) is 0 Å². The van der Waals surface area contributed by atoms with E-state index in [1.54, 1.807) is 6.21 Å². The highest BCUT2D eigenvalue weighted by Gasteiger charge is 2.17. The Kier molecular flexibility index (Phi) is 5.40. The molecule has 2 aromatic carbocycles. The number of benzene rings is 2. The van der Waals surface area contributed by atoms with Crippen LogP contribution in [0.4, 0.5) is 5.69 Å². The average molecular weight is 326 g/mol. The van der Waals surface area contributed by atoms with E-state index in [4.69, 9.17) is 10.2 Å². The fourth-order valence-electron chi connectivity index (χ4n) is 1.92. The first-order valence-corrected chi connectivity index (χ1v) is 6.96. The highest BCUT2D eigenvalue weighted by atomic mass is 16.4. The average Bonchev–Trinajstić information content (AvgIpc) is 3.02. The number of amides is 1. The van der Waals surface area contributed by atoms with Gasteiger partial charge in [0, 0.05) is 6.21 Å². The fraction of sp³-hybridized carbons (Fsp3) is 0.0588. The maximum atomic E-state index is 11.2. The Bertz CT molecular complexity index is 757. The molecule has 1 aliphatic heterocycles. The minimum absolute atomic E-state index is 0.0186. The zero-order chi connectivity index (χ0) is 17.5. The third kappa shape index (κ3) is 4.26. The lowest BCUT2D eigenvalue weighted by atomic mass is 10.1. The Morgan fingerprint density at radius 2 is 1.50 bits per heavy atom. The maximum Gasteiger partial charge on any atom is 0.335 e. The fourth-order valence-corrected chi connectivity index (χ4v) is 1.92. The topological polar surface area (TPSA) is 107 Å². The number of rotatable bonds is 3. The van der Waals surface area contributed by atoms with Crippen molar-refractivity contribution in [2.24, 2.45) is 5.10 Å². The van der Waals surface area contributed by atoms with Gasteiger partial charge in [-0.05, 0) is 30.3 Å². The van der Waals surface area contributed by atoms with Gasteiger partial charge in [-0.3, -0.25) is 4.79 Å². The van der Waals surface area contributed by atoms with Gasteiger partial charge in [-0.15, -0.1) is 0 Å². The molecule has 1 heterocycles. The van der Waals surface area contributed by atoms with Crippen LogP contribution < -0.4 is 5.01 Å². The number of anilines is 1. The van der Waals surface area contributed by atoms with Gasteiger partial charge in [0.2, 0.25) is 0 Å². The summed E-state index contributed by atoms with van der Waals surface area (Å²) in [5.74, 6) is -2.22. The van der Waals surface area contributed by atoms with Gasteiger partial charge in [-0.1, -0.05) is 24.3 Å². The summed E-state index contributed by atoms with van der Waals surface area (Å²) in [6, 6.07) is 14.6. The van der Waals surface area contributed by atoms with Crippen molar-refractivity contribution in [1.29, 1.82) is 0 Å². The van der Waals surface area contributed by atoms with Crippen LogP contribution in [0.1, 0.15) is 27.1 Å². The number of hydrogen-bond donors (Lipinski definition) is 2. The van der Waals surface area contributed by atoms with E-state index in [-0.39, 0.29) is 17.0 Å². The van der Waals surface area contributed by atoms with E-state index in [0.717, 1.165) is 11.8 Å². The van der Waals surface area contributed by atoms with Crippen molar-refractivity contribution in [3.63, 3.8) is 0 Å². The number of carboxylic acids is 2. The molecule has 0 aromatic heterocycles. The molecule has 2 N–H and O–H groups in total. The molecule has 2 aromatic rings. The van der Waals surface area contributed by atoms with Crippen LogP contribution in [0.25, 0.3) is 0 Å². The number of carbonyl (C=O) groups excluding carboxylic acids is 1. The van der Waals surface area contributed by atoms with E-state index in [1.807, 2.05) is 30.3 Å². The first-order valence-electron chi connectivity index (χ1n) is 6.96. The summed E-state index contributed by atoms with van der Waals surface area (Å²) in [5, 5.41) is 22.4. The second-order valence-electron chi connectivity index (χ2n) is 4.73. The zero-order valence-electron chi connectivity index (χ0n) is 12.5. The predicted octanol–water partition coefficient (Wildman–Crippen LogP) is 2.49. The second kappa shape index (κ2) is 7.68. The van der Waals surface area contributed by atoms with Gasteiger partial charge in [0.05, 0.1) is 23.2 Å². The highest BCUT2D eigenvalue weighted by Crippen LogP contribution is 2.16. The highest BCUT2D eigenvalue weighted by molar-refractivity contribution is 6.05. The molecular formula is C17H14N2O5. The Balaban J connectivity index is 0.000000174. The molecule has 1 aliphatic rings. The minimum atomic E-state index is -1.13. The largest absolute Gasteiger partial charge is 0.478 e. The zero-order valence-corrected chi connectivity index (χ0v) is 12.5. The van der Waals surface area contributed by atoms with Crippen molar-refractivity contribution in [1.82, 2.24) is 0 Å². The van der Waals surface area contributed by atoms with Crippen molar-refractivity contribution in [2.45, 2.75) is 6.42 Å². The summed E-state index contributed by atoms with van der Waals surface area (Å²) >= 11 is 0. The lowest BCUT2D eigenvalue weighted by molar-refractivity contribution is -0.116. The maximum absolute atomic E-state index is 11.2. The normalized spacial score (nSPS) is 12.5. The van der Waals surface area contributed by atoms with Crippen LogP contribution in [0.5, 0.6) is 0 Å². The quantitative estimate of drug-likeness (QED) is 0.901. The van der Waals surface area contributed by atoms with E-state index < -0.39 is 11.9 Å². The first-order chi connectivity index (χ1) is 11.5. The lowest BCUT2D eigenvalue weighted by Gasteiger charge is -2.10. The number of hydrogen-bond acceptors (Lipinski definition) is 4. The SMILES string of the molecule is O=C(O)c1cccc(C(=O)O)c1.O=C1CC=NN1c1ccccc1. The molecular weight excluding hydrogens is 312 g/mol. The van der Waals surface area contributed by atoms with Crippen LogP contribution in [0, 0.1) is 0 Å². The molecule has 0 spiro atoms. The summed E-state index contributed by atoms with van der Waals surface area (Å²) in [4.78, 5) is 31.9. The number of hydrazone groups is 1. The van der Waals surface area contributed by atoms with Crippen LogP contribution >= 0.6 is 0 Å². The predicted molar refractivity (Wildman–Crippen MR) is 87.4 cm³/mol. The van der Waals surface area contributed by atoms with E-state index >= 15 is 0 Å². The van der Waals surface area contributed by atoms with Gasteiger partial charge in [0.1, 0.15) is 0 Å². The summed E-state index contributed by atoms with van der Waals surface area (Å²) in [6.07, 6.45) is 2.03. The standard InChI is InChI=1S/C9H8N2O.C8H6O4/c12-9-6-7-10-11(9)8-4-2-1-3-5-8;9-7(10)5-2-1-3-6(4-5)8(11)12/h1-5,7H,6H2;1-4H,(H,9,10)(H,11,12). The van der Waals surface area contributed by atoms with Gasteiger partial charge in [0.15, 0.2) is 0 Å². The summed E-state index contributed by atoms with van der Waals surface area (Å²) < 4.78 is 0. The van der Waals surface area contributed by atoms with Crippen LogP contribution in [0.2, 0.25) is 0 Å². The van der Waals surface area contributed by atoms with E-state index in [9.17, 15) is 14.4 Å². The van der Waals surface area contributed by atoms with Crippen LogP contribution in [-0.2, 0) is 4.79 Å². The minimum Gasteiger partial charge on any atom is -0.478 e. The third-order valence-electron chi connectivity index (χ3n) is 3.06. The molecule has 0 saturated heterocycles. The molecule has 0 saturated carbocycles. The molecule has 0 unspecified atom stereocenters. The molecule has 1 amide bonds.